The van der Waals surface area contributed by atoms with Crippen LogP contribution in [0.3, 0.4) is 0 Å². The van der Waals surface area contributed by atoms with Gasteiger partial charge in [0.05, 0.1) is 0 Å². The molecule has 0 saturated carbocycles. The smallest absolute Gasteiger partial charge is 0.260 e. The highest BCUT2D eigenvalue weighted by atomic mass is 79.9. The number of halogens is 1. The number of carbonyl (C=O) groups excluding carboxylic acids is 1. The van der Waals surface area contributed by atoms with E-state index < -0.39 is 0 Å². The lowest BCUT2D eigenvalue weighted by Crippen LogP contribution is -2.48. The first-order valence-corrected chi connectivity index (χ1v) is 7.91. The Morgan fingerprint density at radius 3 is 2.67 bits per heavy atom. The van der Waals surface area contributed by atoms with Crippen LogP contribution in [0.25, 0.3) is 0 Å². The van der Waals surface area contributed by atoms with Gasteiger partial charge >= 0.3 is 0 Å². The molecule has 0 aromatic heterocycles. The van der Waals surface area contributed by atoms with E-state index >= 15 is 0 Å². The molecule has 116 valence electrons. The molecule has 0 aliphatic carbocycles. The molecule has 21 heavy (non-hydrogen) atoms. The molecule has 1 atom stereocenters. The third-order valence-corrected chi connectivity index (χ3v) is 4.17. The van der Waals surface area contributed by atoms with Crippen LogP contribution in [0, 0.1) is 0 Å². The first kappa shape index (κ1) is 16.3. The predicted molar refractivity (Wildman–Crippen MR) is 86.3 cm³/mol. The lowest BCUT2D eigenvalue weighted by atomic mass is 10.1. The van der Waals surface area contributed by atoms with Gasteiger partial charge in [0.1, 0.15) is 5.75 Å². The van der Waals surface area contributed by atoms with Crippen LogP contribution < -0.4 is 10.5 Å². The summed E-state index contributed by atoms with van der Waals surface area (Å²) in [5.74, 6) is 0.695. The summed E-state index contributed by atoms with van der Waals surface area (Å²) in [7, 11) is 2.06. The number of hydrogen-bond acceptors (Lipinski definition) is 4. The van der Waals surface area contributed by atoms with Crippen LogP contribution in [0.15, 0.2) is 22.7 Å². The summed E-state index contributed by atoms with van der Waals surface area (Å²) in [6.07, 6.45) is 0. The molecule has 5 nitrogen and oxygen atoms in total. The minimum atomic E-state index is -0.133. The molecule has 0 bridgehead atoms. The van der Waals surface area contributed by atoms with Crippen molar-refractivity contribution < 1.29 is 9.53 Å². The van der Waals surface area contributed by atoms with Gasteiger partial charge in [-0.1, -0.05) is 22.0 Å². The van der Waals surface area contributed by atoms with Crippen LogP contribution in [0.5, 0.6) is 5.75 Å². The number of amides is 1. The lowest BCUT2D eigenvalue weighted by Gasteiger charge is -2.32. The molecule has 0 radical (unpaired) electrons. The SMILES string of the molecule is CC(N)c1ccc(Br)cc1OCC(=O)N1CCN(C)CC1. The number of hydrogen-bond donors (Lipinski definition) is 1. The molecular weight excluding hydrogens is 334 g/mol. The highest BCUT2D eigenvalue weighted by Crippen LogP contribution is 2.27. The van der Waals surface area contributed by atoms with Gasteiger partial charge in [-0.05, 0) is 26.1 Å². The van der Waals surface area contributed by atoms with Crippen molar-refractivity contribution in [3.05, 3.63) is 28.2 Å². The van der Waals surface area contributed by atoms with Crippen molar-refractivity contribution >= 4 is 21.8 Å². The lowest BCUT2D eigenvalue weighted by molar-refractivity contribution is -0.134. The quantitative estimate of drug-likeness (QED) is 0.891. The molecule has 1 amide bonds. The largest absolute Gasteiger partial charge is 0.483 e. The Morgan fingerprint density at radius 1 is 1.38 bits per heavy atom. The second-order valence-corrected chi connectivity index (χ2v) is 6.36. The molecule has 1 aromatic rings. The fraction of sp³-hybridized carbons (Fsp3) is 0.533. The third kappa shape index (κ3) is 4.43. The molecule has 1 heterocycles. The number of rotatable bonds is 4. The number of carbonyl (C=O) groups is 1. The van der Waals surface area contributed by atoms with E-state index in [2.05, 4.69) is 27.9 Å². The monoisotopic (exact) mass is 355 g/mol. The minimum absolute atomic E-state index is 0.0266. The first-order valence-electron chi connectivity index (χ1n) is 7.11. The molecule has 2 rings (SSSR count). The average Bonchev–Trinajstić information content (AvgIpc) is 2.45. The van der Waals surface area contributed by atoms with Gasteiger partial charge < -0.3 is 20.3 Å². The van der Waals surface area contributed by atoms with Crippen molar-refractivity contribution in [3.63, 3.8) is 0 Å². The van der Waals surface area contributed by atoms with E-state index in [4.69, 9.17) is 10.5 Å². The summed E-state index contributed by atoms with van der Waals surface area (Å²) in [5.41, 5.74) is 6.84. The zero-order chi connectivity index (χ0) is 15.4. The predicted octanol–water partition coefficient (Wildman–Crippen LogP) is 1.62. The summed E-state index contributed by atoms with van der Waals surface area (Å²) in [5, 5.41) is 0. The highest BCUT2D eigenvalue weighted by molar-refractivity contribution is 9.10. The zero-order valence-electron chi connectivity index (χ0n) is 12.5. The maximum atomic E-state index is 12.2. The average molecular weight is 356 g/mol. The maximum absolute atomic E-state index is 12.2. The van der Waals surface area contributed by atoms with Gasteiger partial charge in [-0.15, -0.1) is 0 Å². The molecule has 2 N–H and O–H groups in total. The minimum Gasteiger partial charge on any atom is -0.483 e. The second-order valence-electron chi connectivity index (χ2n) is 5.44. The summed E-state index contributed by atoms with van der Waals surface area (Å²) in [6.45, 7) is 5.30. The molecule has 1 fully saturated rings. The number of ether oxygens (including phenoxy) is 1. The summed E-state index contributed by atoms with van der Waals surface area (Å²) in [4.78, 5) is 16.2. The number of nitrogens with zero attached hydrogens (tertiary/aromatic N) is 2. The molecule has 1 aliphatic heterocycles. The van der Waals surface area contributed by atoms with Gasteiger partial charge in [-0.2, -0.15) is 0 Å². The molecule has 0 spiro atoms. The van der Waals surface area contributed by atoms with Crippen molar-refractivity contribution in [2.24, 2.45) is 5.73 Å². The molecule has 1 saturated heterocycles. The van der Waals surface area contributed by atoms with E-state index in [0.717, 1.165) is 36.2 Å². The molecule has 1 aliphatic rings. The Hall–Kier alpha value is -1.11. The third-order valence-electron chi connectivity index (χ3n) is 3.67. The second kappa shape index (κ2) is 7.24. The fourth-order valence-electron chi connectivity index (χ4n) is 2.30. The van der Waals surface area contributed by atoms with Crippen molar-refractivity contribution in [1.29, 1.82) is 0 Å². The maximum Gasteiger partial charge on any atom is 0.260 e. The van der Waals surface area contributed by atoms with Crippen molar-refractivity contribution in [1.82, 2.24) is 9.80 Å². The van der Waals surface area contributed by atoms with Crippen LogP contribution in [0.1, 0.15) is 18.5 Å². The van der Waals surface area contributed by atoms with Crippen LogP contribution in [-0.2, 0) is 4.79 Å². The fourth-order valence-corrected chi connectivity index (χ4v) is 2.64. The zero-order valence-corrected chi connectivity index (χ0v) is 14.1. The Labute approximate surface area is 134 Å². The van der Waals surface area contributed by atoms with Crippen molar-refractivity contribution in [2.75, 3.05) is 39.8 Å². The molecule has 6 heteroatoms. The van der Waals surface area contributed by atoms with E-state index in [9.17, 15) is 4.79 Å². The Morgan fingerprint density at radius 2 is 2.05 bits per heavy atom. The summed E-state index contributed by atoms with van der Waals surface area (Å²) in [6, 6.07) is 5.57. The standard InChI is InChI=1S/C15H22BrN3O2/c1-11(17)13-4-3-12(16)9-14(13)21-10-15(20)19-7-5-18(2)6-8-19/h3-4,9,11H,5-8,10,17H2,1-2H3. The number of benzene rings is 1. The van der Waals surface area contributed by atoms with Crippen LogP contribution in [-0.4, -0.2) is 55.5 Å². The van der Waals surface area contributed by atoms with E-state index in [0.29, 0.717) is 5.75 Å². The van der Waals surface area contributed by atoms with Gasteiger partial charge in [0.2, 0.25) is 0 Å². The Bertz CT molecular complexity index is 500. The number of nitrogens with two attached hydrogens (primary N) is 1. The van der Waals surface area contributed by atoms with Gasteiger partial charge in [0.15, 0.2) is 6.61 Å². The Balaban J connectivity index is 1.96. The van der Waals surface area contributed by atoms with Gasteiger partial charge in [0, 0.05) is 42.3 Å². The number of likely N-dealkylation sites (N-methyl/N-ethyl adjacent to an activating group) is 1. The molecule has 1 aromatic carbocycles. The van der Waals surface area contributed by atoms with Gasteiger partial charge in [0.25, 0.3) is 5.91 Å². The topological polar surface area (TPSA) is 58.8 Å². The summed E-state index contributed by atoms with van der Waals surface area (Å²) >= 11 is 3.41. The summed E-state index contributed by atoms with van der Waals surface area (Å²) < 4.78 is 6.62. The van der Waals surface area contributed by atoms with Gasteiger partial charge in [-0.3, -0.25) is 4.79 Å². The Kier molecular flexibility index (Phi) is 5.61. The van der Waals surface area contributed by atoms with Crippen LogP contribution in [0.2, 0.25) is 0 Å². The van der Waals surface area contributed by atoms with Gasteiger partial charge in [-0.25, -0.2) is 0 Å². The first-order chi connectivity index (χ1) is 9.97. The number of piperazine rings is 1. The van der Waals surface area contributed by atoms with Crippen molar-refractivity contribution in [2.45, 2.75) is 13.0 Å². The molecular formula is C15H22BrN3O2. The molecule has 1 unspecified atom stereocenters. The normalized spacial score (nSPS) is 17.6. The van der Waals surface area contributed by atoms with Crippen molar-refractivity contribution in [3.8, 4) is 5.75 Å². The van der Waals surface area contributed by atoms with E-state index in [1.807, 2.05) is 30.0 Å². The highest BCUT2D eigenvalue weighted by Gasteiger charge is 2.20. The van der Waals surface area contributed by atoms with Crippen LogP contribution in [0.4, 0.5) is 0 Å². The van der Waals surface area contributed by atoms with Crippen LogP contribution >= 0.6 is 15.9 Å². The van der Waals surface area contributed by atoms with E-state index in [1.165, 1.54) is 0 Å². The van der Waals surface area contributed by atoms with E-state index in [-0.39, 0.29) is 18.6 Å². The van der Waals surface area contributed by atoms with E-state index in [1.54, 1.807) is 0 Å².